The van der Waals surface area contributed by atoms with Crippen LogP contribution in [0.4, 0.5) is 10.5 Å². The molecule has 2 heterocycles. The summed E-state index contributed by atoms with van der Waals surface area (Å²) in [5.41, 5.74) is 5.57. The number of hydrogen-bond acceptors (Lipinski definition) is 6. The highest BCUT2D eigenvalue weighted by molar-refractivity contribution is 5.98. The highest BCUT2D eigenvalue weighted by Crippen LogP contribution is 2.30. The van der Waals surface area contributed by atoms with Gasteiger partial charge in [-0.15, -0.1) is 0 Å². The minimum atomic E-state index is -0.929. The molecule has 9 nitrogen and oxygen atoms in total. The Balaban J connectivity index is 1.29. The number of morpholine rings is 1. The SMILES string of the molecule is COC(=O)N[C@H](C(=O)Nc1ccccc1CC[C@@H]1CN[C@H](c2nc(C)c(C)[nH]2)CO1)C(c1ccccc1)c1ccccc1. The molecule has 0 unspecified atom stereocenters. The van der Waals surface area contributed by atoms with Crippen molar-refractivity contribution < 1.29 is 19.1 Å². The van der Waals surface area contributed by atoms with Crippen molar-refractivity contribution in [1.82, 2.24) is 20.6 Å². The molecule has 0 saturated carbocycles. The van der Waals surface area contributed by atoms with E-state index >= 15 is 0 Å². The van der Waals surface area contributed by atoms with Gasteiger partial charge in [0, 0.05) is 23.8 Å². The minimum Gasteiger partial charge on any atom is -0.453 e. The van der Waals surface area contributed by atoms with Gasteiger partial charge in [-0.1, -0.05) is 78.9 Å². The van der Waals surface area contributed by atoms with E-state index in [1.807, 2.05) is 98.8 Å². The summed E-state index contributed by atoms with van der Waals surface area (Å²) in [5.74, 6) is 0.129. The van der Waals surface area contributed by atoms with Crippen LogP contribution in [-0.4, -0.2) is 54.4 Å². The van der Waals surface area contributed by atoms with Crippen molar-refractivity contribution in [1.29, 1.82) is 0 Å². The molecule has 0 aliphatic carbocycles. The first-order valence-corrected chi connectivity index (χ1v) is 14.6. The molecule has 5 rings (SSSR count). The normalized spacial score (nSPS) is 17.3. The number of nitrogens with one attached hydrogen (secondary N) is 4. The number of carbonyl (C=O) groups excluding carboxylic acids is 2. The maximum atomic E-state index is 14.0. The van der Waals surface area contributed by atoms with Gasteiger partial charge < -0.3 is 30.4 Å². The summed E-state index contributed by atoms with van der Waals surface area (Å²) in [5, 5.41) is 9.46. The second-order valence-electron chi connectivity index (χ2n) is 10.8. The molecule has 2 amide bonds. The Morgan fingerprint density at radius 3 is 2.21 bits per heavy atom. The molecule has 1 saturated heterocycles. The van der Waals surface area contributed by atoms with Crippen LogP contribution < -0.4 is 16.0 Å². The van der Waals surface area contributed by atoms with E-state index in [1.165, 1.54) is 7.11 Å². The minimum absolute atomic E-state index is 0.0337. The number of alkyl carbamates (subject to hydrolysis) is 1. The van der Waals surface area contributed by atoms with E-state index < -0.39 is 18.1 Å². The van der Waals surface area contributed by atoms with E-state index in [4.69, 9.17) is 9.47 Å². The second-order valence-corrected chi connectivity index (χ2v) is 10.8. The van der Waals surface area contributed by atoms with Crippen LogP contribution in [0.1, 0.15) is 52.3 Å². The summed E-state index contributed by atoms with van der Waals surface area (Å²) in [6, 6.07) is 26.3. The van der Waals surface area contributed by atoms with Crippen molar-refractivity contribution in [3.8, 4) is 0 Å². The molecule has 9 heteroatoms. The van der Waals surface area contributed by atoms with Crippen LogP contribution in [0.15, 0.2) is 84.9 Å². The lowest BCUT2D eigenvalue weighted by Gasteiger charge is -2.30. The predicted octanol–water partition coefficient (Wildman–Crippen LogP) is 5.18. The fraction of sp³-hybridized carbons (Fsp3) is 0.324. The van der Waals surface area contributed by atoms with Gasteiger partial charge in [0.25, 0.3) is 0 Å². The van der Waals surface area contributed by atoms with E-state index in [0.29, 0.717) is 25.3 Å². The first-order chi connectivity index (χ1) is 20.9. The first-order valence-electron chi connectivity index (χ1n) is 14.6. The largest absolute Gasteiger partial charge is 0.453 e. The summed E-state index contributed by atoms with van der Waals surface area (Å²) in [6.45, 7) is 5.26. The number of anilines is 1. The number of hydrogen-bond donors (Lipinski definition) is 4. The van der Waals surface area contributed by atoms with E-state index in [-0.39, 0.29) is 18.1 Å². The molecule has 0 spiro atoms. The molecule has 0 bridgehead atoms. The van der Waals surface area contributed by atoms with Gasteiger partial charge in [0.1, 0.15) is 11.9 Å². The maximum Gasteiger partial charge on any atom is 0.407 e. The number of para-hydroxylation sites is 1. The molecule has 4 aromatic rings. The number of H-pyrrole nitrogens is 1. The third kappa shape index (κ3) is 7.49. The topological polar surface area (TPSA) is 117 Å². The molecule has 1 aromatic heterocycles. The Morgan fingerprint density at radius 2 is 1.63 bits per heavy atom. The zero-order chi connectivity index (χ0) is 30.2. The van der Waals surface area contributed by atoms with E-state index in [0.717, 1.165) is 40.3 Å². The third-order valence-corrected chi connectivity index (χ3v) is 7.97. The molecule has 3 aromatic carbocycles. The van der Waals surface area contributed by atoms with Gasteiger partial charge in [-0.3, -0.25) is 4.79 Å². The van der Waals surface area contributed by atoms with E-state index in [2.05, 4.69) is 25.9 Å². The molecule has 0 radical (unpaired) electrons. The Bertz CT molecular complexity index is 1440. The number of aryl methyl sites for hydroxylation is 3. The first kappa shape index (κ1) is 30.0. The quantitative estimate of drug-likeness (QED) is 0.205. The monoisotopic (exact) mass is 581 g/mol. The second kappa shape index (κ2) is 14.1. The van der Waals surface area contributed by atoms with Crippen molar-refractivity contribution in [3.05, 3.63) is 119 Å². The molecule has 1 fully saturated rings. The van der Waals surface area contributed by atoms with Gasteiger partial charge in [-0.05, 0) is 49.4 Å². The van der Waals surface area contributed by atoms with Crippen LogP contribution in [-0.2, 0) is 20.7 Å². The van der Waals surface area contributed by atoms with Gasteiger partial charge in [-0.2, -0.15) is 0 Å². The van der Waals surface area contributed by atoms with Gasteiger partial charge in [0.2, 0.25) is 5.91 Å². The fourth-order valence-corrected chi connectivity index (χ4v) is 5.50. The van der Waals surface area contributed by atoms with Crippen LogP contribution in [0.5, 0.6) is 0 Å². The van der Waals surface area contributed by atoms with Crippen LogP contribution in [0.2, 0.25) is 0 Å². The van der Waals surface area contributed by atoms with Crippen LogP contribution in [0.3, 0.4) is 0 Å². The van der Waals surface area contributed by atoms with E-state index in [9.17, 15) is 9.59 Å². The molecule has 3 atom stereocenters. The number of rotatable bonds is 10. The number of methoxy groups -OCH3 is 1. The average Bonchev–Trinajstić information content (AvgIpc) is 3.38. The smallest absolute Gasteiger partial charge is 0.407 e. The summed E-state index contributed by atoms with van der Waals surface area (Å²) >= 11 is 0. The van der Waals surface area contributed by atoms with Gasteiger partial charge in [0.15, 0.2) is 0 Å². The number of aromatic amines is 1. The number of benzene rings is 3. The molecule has 224 valence electrons. The lowest BCUT2D eigenvalue weighted by atomic mass is 9.84. The molecule has 4 N–H and O–H groups in total. The summed E-state index contributed by atoms with van der Waals surface area (Å²) in [4.78, 5) is 34.4. The number of nitrogens with zero attached hydrogens (tertiary/aromatic N) is 1. The highest BCUT2D eigenvalue weighted by Gasteiger charge is 2.33. The van der Waals surface area contributed by atoms with Gasteiger partial charge >= 0.3 is 6.09 Å². The van der Waals surface area contributed by atoms with Crippen molar-refractivity contribution in [3.63, 3.8) is 0 Å². The molecular weight excluding hydrogens is 542 g/mol. The summed E-state index contributed by atoms with van der Waals surface area (Å²) < 4.78 is 11.1. The zero-order valence-corrected chi connectivity index (χ0v) is 24.8. The zero-order valence-electron chi connectivity index (χ0n) is 24.8. The van der Waals surface area contributed by atoms with Crippen LogP contribution in [0, 0.1) is 13.8 Å². The van der Waals surface area contributed by atoms with Crippen molar-refractivity contribution in [2.45, 2.75) is 50.8 Å². The van der Waals surface area contributed by atoms with Crippen molar-refractivity contribution >= 4 is 17.7 Å². The molecule has 1 aliphatic rings. The molecule has 43 heavy (non-hydrogen) atoms. The highest BCUT2D eigenvalue weighted by atomic mass is 16.5. The van der Waals surface area contributed by atoms with Crippen LogP contribution >= 0.6 is 0 Å². The summed E-state index contributed by atoms with van der Waals surface area (Å²) in [6.07, 6.45) is 0.850. The number of amides is 2. The van der Waals surface area contributed by atoms with E-state index in [1.54, 1.807) is 0 Å². The lowest BCUT2D eigenvalue weighted by molar-refractivity contribution is -0.118. The van der Waals surface area contributed by atoms with Crippen molar-refractivity contribution in [2.24, 2.45) is 0 Å². The van der Waals surface area contributed by atoms with Gasteiger partial charge in [0.05, 0.1) is 31.6 Å². The number of ether oxygens (including phenoxy) is 2. The fourth-order valence-electron chi connectivity index (χ4n) is 5.50. The predicted molar refractivity (Wildman–Crippen MR) is 166 cm³/mol. The lowest BCUT2D eigenvalue weighted by Crippen LogP contribution is -2.48. The number of imidazole rings is 1. The average molecular weight is 582 g/mol. The Hall–Kier alpha value is -4.47. The van der Waals surface area contributed by atoms with Crippen molar-refractivity contribution in [2.75, 3.05) is 25.6 Å². The number of aromatic nitrogens is 2. The number of carbonyl (C=O) groups is 2. The third-order valence-electron chi connectivity index (χ3n) is 7.97. The summed E-state index contributed by atoms with van der Waals surface area (Å²) in [7, 11) is 1.29. The molecule has 1 aliphatic heterocycles. The van der Waals surface area contributed by atoms with Gasteiger partial charge in [-0.25, -0.2) is 9.78 Å². The standard InChI is InChI=1S/C34H39N5O4/c1-22-23(2)37-32(36-22)29-21-43-27(20-35-29)19-18-24-12-10-11-17-28(24)38-33(40)31(39-34(41)42-3)30(25-13-6-4-7-14-25)26-15-8-5-9-16-26/h4-17,27,29-31,35H,18-21H2,1-3H3,(H,36,37)(H,38,40)(H,39,41)/t27-,29+,31+/m1/s1. The van der Waals surface area contributed by atoms with Crippen LogP contribution in [0.25, 0.3) is 0 Å². The Kier molecular flexibility index (Phi) is 9.86. The Labute approximate surface area is 252 Å². The maximum absolute atomic E-state index is 14.0. The molecular formula is C34H39N5O4. The Morgan fingerprint density at radius 1 is 0.977 bits per heavy atom.